The lowest BCUT2D eigenvalue weighted by atomic mass is 9.82. The zero-order valence-corrected chi connectivity index (χ0v) is 24.6. The van der Waals surface area contributed by atoms with E-state index in [9.17, 15) is 9.90 Å². The number of rotatable bonds is 2. The van der Waals surface area contributed by atoms with Gasteiger partial charge < -0.3 is 29.9 Å². The first kappa shape index (κ1) is 29.2. The van der Waals surface area contributed by atoms with Crippen molar-refractivity contribution in [3.63, 3.8) is 0 Å². The molecule has 10 heteroatoms. The predicted octanol–water partition coefficient (Wildman–Crippen LogP) is 4.73. The Bertz CT molecular complexity index is 1300. The second-order valence-electron chi connectivity index (χ2n) is 11.1. The number of ether oxygens (including phenoxy) is 1. The van der Waals surface area contributed by atoms with Crippen molar-refractivity contribution in [2.24, 2.45) is 7.05 Å². The minimum atomic E-state index is -1.24. The number of aliphatic hydroxyl groups is 1. The number of aryl methyl sites for hydroxylation is 1. The van der Waals surface area contributed by atoms with Crippen LogP contribution in [0.4, 0.5) is 4.79 Å². The third-order valence-electron chi connectivity index (χ3n) is 6.84. The first-order chi connectivity index (χ1) is 18.3. The lowest BCUT2D eigenvalue weighted by molar-refractivity contribution is 0.0229. The molecule has 0 radical (unpaired) electrons. The normalized spacial score (nSPS) is 20.4. The molecular formula is C29H37Cl2N5O3. The van der Waals surface area contributed by atoms with Gasteiger partial charge in [0.15, 0.2) is 0 Å². The number of nitrogens with zero attached hydrogens (tertiary/aromatic N) is 3. The fraction of sp³-hybridized carbons (Fsp3) is 0.448. The van der Waals surface area contributed by atoms with Crippen molar-refractivity contribution in [3.05, 3.63) is 81.0 Å². The fourth-order valence-corrected chi connectivity index (χ4v) is 5.26. The van der Waals surface area contributed by atoms with Gasteiger partial charge in [-0.25, -0.2) is 9.78 Å². The average Bonchev–Trinajstić information content (AvgIpc) is 3.24. The molecule has 0 bridgehead atoms. The SMILES string of the molecule is CC(C)(C)OC(=O)N1CCNCC1.Cn1cncc1C(C)(O)C1=Cc2cc(Cl)ccc2CC2NC=C(Cl)C=C12. The third kappa shape index (κ3) is 7.06. The van der Waals surface area contributed by atoms with E-state index >= 15 is 0 Å². The first-order valence-corrected chi connectivity index (χ1v) is 13.8. The number of halogens is 2. The third-order valence-corrected chi connectivity index (χ3v) is 7.30. The molecule has 2 unspecified atom stereocenters. The van der Waals surface area contributed by atoms with E-state index in [1.807, 2.05) is 62.7 Å². The van der Waals surface area contributed by atoms with Gasteiger partial charge in [-0.2, -0.15) is 0 Å². The molecule has 2 atom stereocenters. The first-order valence-electron chi connectivity index (χ1n) is 13.1. The van der Waals surface area contributed by atoms with Gasteiger partial charge >= 0.3 is 6.09 Å². The topological polar surface area (TPSA) is 91.7 Å². The zero-order chi connectivity index (χ0) is 28.4. The molecule has 1 amide bonds. The van der Waals surface area contributed by atoms with Crippen molar-refractivity contribution >= 4 is 35.4 Å². The molecule has 2 aliphatic heterocycles. The summed E-state index contributed by atoms with van der Waals surface area (Å²) in [5.41, 5.74) is 3.00. The second-order valence-corrected chi connectivity index (χ2v) is 12.0. The molecule has 210 valence electrons. The van der Waals surface area contributed by atoms with Gasteiger partial charge in [-0.05, 0) is 80.7 Å². The molecule has 2 aromatic rings. The largest absolute Gasteiger partial charge is 0.444 e. The average molecular weight is 575 g/mol. The predicted molar refractivity (Wildman–Crippen MR) is 156 cm³/mol. The smallest absolute Gasteiger partial charge is 0.410 e. The Labute approximate surface area is 240 Å². The van der Waals surface area contributed by atoms with Gasteiger partial charge in [0.05, 0.1) is 29.3 Å². The summed E-state index contributed by atoms with van der Waals surface area (Å²) in [5, 5.41) is 19.3. The van der Waals surface area contributed by atoms with Crippen LogP contribution in [-0.4, -0.2) is 63.5 Å². The number of carbonyl (C=O) groups is 1. The number of allylic oxidation sites excluding steroid dienone is 2. The van der Waals surface area contributed by atoms with Gasteiger partial charge in [0.25, 0.3) is 0 Å². The number of fused-ring (bicyclic) bond motifs is 2. The number of hydrogen-bond acceptors (Lipinski definition) is 6. The van der Waals surface area contributed by atoms with Crippen LogP contribution in [0.15, 0.2) is 59.2 Å². The van der Waals surface area contributed by atoms with E-state index in [-0.39, 0.29) is 17.7 Å². The number of aromatic nitrogens is 2. The van der Waals surface area contributed by atoms with Crippen molar-refractivity contribution < 1.29 is 14.6 Å². The van der Waals surface area contributed by atoms with E-state index in [0.717, 1.165) is 49.3 Å². The molecule has 3 aliphatic rings. The highest BCUT2D eigenvalue weighted by atomic mass is 35.5. The van der Waals surface area contributed by atoms with Gasteiger partial charge in [-0.3, -0.25) is 0 Å². The summed E-state index contributed by atoms with van der Waals surface area (Å²) >= 11 is 12.5. The van der Waals surface area contributed by atoms with E-state index in [2.05, 4.69) is 15.6 Å². The molecule has 1 fully saturated rings. The molecule has 1 saturated heterocycles. The minimum absolute atomic E-state index is 0.0193. The van der Waals surface area contributed by atoms with Gasteiger partial charge in [-0.15, -0.1) is 0 Å². The van der Waals surface area contributed by atoms with Crippen molar-refractivity contribution in [2.75, 3.05) is 26.2 Å². The fourth-order valence-electron chi connectivity index (χ4n) is 4.90. The minimum Gasteiger partial charge on any atom is -0.444 e. The van der Waals surface area contributed by atoms with Gasteiger partial charge in [-0.1, -0.05) is 29.3 Å². The van der Waals surface area contributed by atoms with Crippen LogP contribution in [0.2, 0.25) is 5.02 Å². The molecule has 1 aromatic carbocycles. The standard InChI is InChI=1S/C20H19Cl2N3O.C9H18N2O2/c1-20(26,19-10-23-11-25(19)2)17-6-13-5-14(21)4-3-12(13)7-18-16(17)8-15(22)9-24-18;1-9(2,3)13-8(12)11-6-4-10-5-7-11/h3-6,8-11,18,24,26H,7H2,1-2H3;10H,4-7H2,1-3H3. The van der Waals surface area contributed by atoms with Crippen LogP contribution >= 0.6 is 23.2 Å². The summed E-state index contributed by atoms with van der Waals surface area (Å²) in [7, 11) is 1.87. The molecule has 1 aliphatic carbocycles. The molecule has 3 N–H and O–H groups in total. The van der Waals surface area contributed by atoms with Gasteiger partial charge in [0.1, 0.15) is 11.2 Å². The second kappa shape index (κ2) is 11.8. The Hall–Kier alpha value is -2.78. The number of hydrogen-bond donors (Lipinski definition) is 3. The van der Waals surface area contributed by atoms with Crippen LogP contribution in [0.1, 0.15) is 44.5 Å². The number of piperazine rings is 1. The molecule has 8 nitrogen and oxygen atoms in total. The maximum atomic E-state index is 11.5. The van der Waals surface area contributed by atoms with Crippen molar-refractivity contribution in [3.8, 4) is 0 Å². The molecule has 5 rings (SSSR count). The summed E-state index contributed by atoms with van der Waals surface area (Å²) in [6.45, 7) is 10.6. The molecule has 39 heavy (non-hydrogen) atoms. The van der Waals surface area contributed by atoms with Gasteiger partial charge in [0, 0.05) is 44.4 Å². The quantitative estimate of drug-likeness (QED) is 0.481. The van der Waals surface area contributed by atoms with Crippen LogP contribution in [-0.2, 0) is 23.8 Å². The van der Waals surface area contributed by atoms with Crippen molar-refractivity contribution in [1.29, 1.82) is 0 Å². The number of dihydropyridines is 1. The number of amides is 1. The molecular weight excluding hydrogens is 537 g/mol. The monoisotopic (exact) mass is 573 g/mol. The number of nitrogens with one attached hydrogen (secondary N) is 2. The summed E-state index contributed by atoms with van der Waals surface area (Å²) in [6.07, 6.45) is 9.68. The molecule has 0 saturated carbocycles. The number of carbonyl (C=O) groups excluding carboxylic acids is 1. The van der Waals surface area contributed by atoms with E-state index in [1.54, 1.807) is 30.5 Å². The maximum absolute atomic E-state index is 11.5. The Morgan fingerprint density at radius 1 is 1.15 bits per heavy atom. The summed E-state index contributed by atoms with van der Waals surface area (Å²) in [5.74, 6) is 0. The Kier molecular flexibility index (Phi) is 8.81. The Morgan fingerprint density at radius 2 is 1.87 bits per heavy atom. The summed E-state index contributed by atoms with van der Waals surface area (Å²) in [6, 6.07) is 5.89. The molecule has 3 heterocycles. The van der Waals surface area contributed by atoms with Gasteiger partial charge in [0.2, 0.25) is 0 Å². The van der Waals surface area contributed by atoms with Crippen LogP contribution < -0.4 is 10.6 Å². The van der Waals surface area contributed by atoms with Crippen LogP contribution in [0.5, 0.6) is 0 Å². The van der Waals surface area contributed by atoms with E-state index in [0.29, 0.717) is 15.7 Å². The lowest BCUT2D eigenvalue weighted by Crippen LogP contribution is -2.48. The highest BCUT2D eigenvalue weighted by molar-refractivity contribution is 6.31. The van der Waals surface area contributed by atoms with Crippen LogP contribution in [0, 0.1) is 0 Å². The highest BCUT2D eigenvalue weighted by Crippen LogP contribution is 2.41. The molecule has 1 aromatic heterocycles. The van der Waals surface area contributed by atoms with Crippen LogP contribution in [0.25, 0.3) is 6.08 Å². The lowest BCUT2D eigenvalue weighted by Gasteiger charge is -2.33. The Morgan fingerprint density at radius 3 is 2.51 bits per heavy atom. The van der Waals surface area contributed by atoms with E-state index in [1.165, 1.54) is 5.56 Å². The summed E-state index contributed by atoms with van der Waals surface area (Å²) in [4.78, 5) is 17.4. The van der Waals surface area contributed by atoms with Crippen LogP contribution in [0.3, 0.4) is 0 Å². The number of benzene rings is 1. The summed E-state index contributed by atoms with van der Waals surface area (Å²) < 4.78 is 7.06. The maximum Gasteiger partial charge on any atom is 0.410 e. The molecule has 0 spiro atoms. The number of imidazole rings is 1. The Balaban J connectivity index is 0.000000229. The zero-order valence-electron chi connectivity index (χ0n) is 23.1. The van der Waals surface area contributed by atoms with E-state index < -0.39 is 5.60 Å². The van der Waals surface area contributed by atoms with Crippen molar-refractivity contribution in [2.45, 2.75) is 51.4 Å². The van der Waals surface area contributed by atoms with Crippen molar-refractivity contribution in [1.82, 2.24) is 25.1 Å². The highest BCUT2D eigenvalue weighted by Gasteiger charge is 2.37. The van der Waals surface area contributed by atoms with E-state index in [4.69, 9.17) is 27.9 Å².